The third kappa shape index (κ3) is 3.78. The summed E-state index contributed by atoms with van der Waals surface area (Å²) in [5.74, 6) is 1.88. The van der Waals surface area contributed by atoms with E-state index in [-0.39, 0.29) is 12.4 Å². The molecule has 0 atom stereocenters. The lowest BCUT2D eigenvalue weighted by Gasteiger charge is -2.06. The Kier molecular flexibility index (Phi) is 5.54. The van der Waals surface area contributed by atoms with E-state index in [0.29, 0.717) is 18.3 Å². The minimum Gasteiger partial charge on any atom is -0.472 e. The Balaban J connectivity index is 0.00000192. The lowest BCUT2D eigenvalue weighted by atomic mass is 10.1. The van der Waals surface area contributed by atoms with Crippen molar-refractivity contribution >= 4 is 18.2 Å². The molecule has 1 aromatic carbocycles. The fourth-order valence-corrected chi connectivity index (χ4v) is 2.06. The average Bonchev–Trinajstić information content (AvgIpc) is 2.95. The molecule has 0 amide bonds. The van der Waals surface area contributed by atoms with Gasteiger partial charge in [0.1, 0.15) is 23.9 Å². The molecule has 2 heterocycles. The smallest absolute Gasteiger partial charge is 0.233 e. The van der Waals surface area contributed by atoms with Crippen LogP contribution in [0.25, 0.3) is 11.3 Å². The largest absolute Gasteiger partial charge is 0.472 e. The number of anilines is 1. The minimum atomic E-state index is 0. The van der Waals surface area contributed by atoms with Crippen LogP contribution < -0.4 is 10.1 Å². The second-order valence-electron chi connectivity index (χ2n) is 4.73. The Morgan fingerprint density at radius 3 is 2.52 bits per heavy atom. The highest BCUT2D eigenvalue weighted by Gasteiger charge is 2.15. The predicted octanol–water partition coefficient (Wildman–Crippen LogP) is 3.48. The molecule has 23 heavy (non-hydrogen) atoms. The fourth-order valence-electron chi connectivity index (χ4n) is 2.06. The van der Waals surface area contributed by atoms with Crippen LogP contribution in [0.2, 0.25) is 0 Å². The van der Waals surface area contributed by atoms with E-state index < -0.39 is 0 Å². The van der Waals surface area contributed by atoms with Crippen molar-refractivity contribution in [3.05, 3.63) is 53.8 Å². The van der Waals surface area contributed by atoms with Crippen LogP contribution in [0.1, 0.15) is 11.3 Å². The van der Waals surface area contributed by atoms with Crippen LogP contribution >= 0.6 is 12.4 Å². The molecule has 0 bridgehead atoms. The summed E-state index contributed by atoms with van der Waals surface area (Å²) in [7, 11) is 1.79. The van der Waals surface area contributed by atoms with E-state index in [2.05, 4.69) is 20.7 Å². The number of hydrogen-bond acceptors (Lipinski definition) is 6. The van der Waals surface area contributed by atoms with E-state index in [1.165, 1.54) is 0 Å². The second kappa shape index (κ2) is 7.60. The molecule has 0 aliphatic heterocycles. The summed E-state index contributed by atoms with van der Waals surface area (Å²) in [6.07, 6.45) is 0. The number of nitrogens with zero attached hydrogens (tertiary/aromatic N) is 3. The third-order valence-electron chi connectivity index (χ3n) is 3.29. The Morgan fingerprint density at radius 1 is 1.09 bits per heavy atom. The van der Waals surface area contributed by atoms with Crippen molar-refractivity contribution < 1.29 is 9.26 Å². The van der Waals surface area contributed by atoms with E-state index in [1.807, 2.05) is 37.3 Å². The summed E-state index contributed by atoms with van der Waals surface area (Å²) in [5.41, 5.74) is 2.69. The van der Waals surface area contributed by atoms with Crippen molar-refractivity contribution in [3.63, 3.8) is 0 Å². The minimum absolute atomic E-state index is 0. The van der Waals surface area contributed by atoms with Gasteiger partial charge in [0.15, 0.2) is 0 Å². The molecule has 3 rings (SSSR count). The topological polar surface area (TPSA) is 73.1 Å². The maximum atomic E-state index is 5.69. The summed E-state index contributed by atoms with van der Waals surface area (Å²) >= 11 is 0. The number of aryl methyl sites for hydroxylation is 1. The molecule has 3 aromatic rings. The van der Waals surface area contributed by atoms with Gasteiger partial charge in [-0.15, -0.1) is 22.6 Å². The molecule has 0 aliphatic carbocycles. The summed E-state index contributed by atoms with van der Waals surface area (Å²) < 4.78 is 11.0. The average molecular weight is 333 g/mol. The number of halogens is 1. The van der Waals surface area contributed by atoms with Crippen LogP contribution in [0.4, 0.5) is 5.82 Å². The number of ether oxygens (including phenoxy) is 1. The van der Waals surface area contributed by atoms with Crippen LogP contribution in [0, 0.1) is 6.92 Å². The zero-order chi connectivity index (χ0) is 15.4. The van der Waals surface area contributed by atoms with Crippen LogP contribution in [0.3, 0.4) is 0 Å². The van der Waals surface area contributed by atoms with Crippen molar-refractivity contribution in [1.29, 1.82) is 0 Å². The van der Waals surface area contributed by atoms with Gasteiger partial charge in [-0.2, -0.15) is 0 Å². The van der Waals surface area contributed by atoms with Crippen LogP contribution in [0.15, 0.2) is 47.0 Å². The molecule has 0 aliphatic rings. The molecule has 0 saturated heterocycles. The van der Waals surface area contributed by atoms with Crippen LogP contribution in [-0.4, -0.2) is 22.4 Å². The molecule has 0 radical (unpaired) electrons. The van der Waals surface area contributed by atoms with Crippen molar-refractivity contribution in [2.45, 2.75) is 13.5 Å². The first-order chi connectivity index (χ1) is 10.8. The van der Waals surface area contributed by atoms with Gasteiger partial charge in [-0.05, 0) is 13.0 Å². The van der Waals surface area contributed by atoms with Gasteiger partial charge < -0.3 is 14.6 Å². The van der Waals surface area contributed by atoms with E-state index in [9.17, 15) is 0 Å². The third-order valence-corrected chi connectivity index (χ3v) is 3.29. The highest BCUT2D eigenvalue weighted by molar-refractivity contribution is 5.85. The number of rotatable bonds is 5. The quantitative estimate of drug-likeness (QED) is 0.771. The molecule has 6 nitrogen and oxygen atoms in total. The SMILES string of the molecule is CNc1ccc(OCc2c(-c3ccccc3)noc2C)nn1.Cl. The maximum Gasteiger partial charge on any atom is 0.233 e. The van der Waals surface area contributed by atoms with Gasteiger partial charge in [0.25, 0.3) is 0 Å². The van der Waals surface area contributed by atoms with Gasteiger partial charge >= 0.3 is 0 Å². The Bertz CT molecular complexity index is 745. The number of hydrogen-bond donors (Lipinski definition) is 1. The van der Waals surface area contributed by atoms with E-state index in [1.54, 1.807) is 19.2 Å². The predicted molar refractivity (Wildman–Crippen MR) is 89.8 cm³/mol. The standard InChI is InChI=1S/C16H16N4O2.ClH/c1-11-13(10-21-15-9-8-14(17-2)18-19-15)16(20-22-11)12-6-4-3-5-7-12;/h3-9H,10H2,1-2H3,(H,17,18);1H. The molecule has 120 valence electrons. The molecular formula is C16H17ClN4O2. The lowest BCUT2D eigenvalue weighted by Crippen LogP contribution is -2.01. The first kappa shape index (κ1) is 16.8. The fraction of sp³-hybridized carbons (Fsp3) is 0.188. The molecule has 0 unspecified atom stereocenters. The number of aromatic nitrogens is 3. The van der Waals surface area contributed by atoms with Gasteiger partial charge in [-0.3, -0.25) is 0 Å². The van der Waals surface area contributed by atoms with Crippen molar-refractivity contribution in [2.24, 2.45) is 0 Å². The molecule has 1 N–H and O–H groups in total. The summed E-state index contributed by atoms with van der Waals surface area (Å²) in [6, 6.07) is 13.4. The number of nitrogens with one attached hydrogen (secondary N) is 1. The van der Waals surface area contributed by atoms with Crippen LogP contribution in [-0.2, 0) is 6.61 Å². The normalized spacial score (nSPS) is 10.0. The molecule has 0 fully saturated rings. The Labute approximate surface area is 140 Å². The summed E-state index contributed by atoms with van der Waals surface area (Å²) in [4.78, 5) is 0. The Morgan fingerprint density at radius 2 is 1.87 bits per heavy atom. The molecule has 2 aromatic heterocycles. The van der Waals surface area contributed by atoms with Crippen molar-refractivity contribution in [3.8, 4) is 17.1 Å². The zero-order valence-electron chi connectivity index (χ0n) is 12.8. The van der Waals surface area contributed by atoms with E-state index >= 15 is 0 Å². The summed E-state index contributed by atoms with van der Waals surface area (Å²) in [5, 5.41) is 15.0. The van der Waals surface area contributed by atoms with Crippen molar-refractivity contribution in [1.82, 2.24) is 15.4 Å². The van der Waals surface area contributed by atoms with E-state index in [0.717, 1.165) is 22.6 Å². The monoisotopic (exact) mass is 332 g/mol. The van der Waals surface area contributed by atoms with Gasteiger partial charge in [0.05, 0.1) is 5.56 Å². The van der Waals surface area contributed by atoms with Crippen molar-refractivity contribution in [2.75, 3.05) is 12.4 Å². The van der Waals surface area contributed by atoms with Gasteiger partial charge in [0, 0.05) is 18.7 Å². The maximum absolute atomic E-state index is 5.69. The molecule has 0 spiro atoms. The number of benzene rings is 1. The first-order valence-corrected chi connectivity index (χ1v) is 6.93. The van der Waals surface area contributed by atoms with Gasteiger partial charge in [0.2, 0.25) is 5.88 Å². The highest BCUT2D eigenvalue weighted by atomic mass is 35.5. The molecule has 0 saturated carbocycles. The zero-order valence-corrected chi connectivity index (χ0v) is 13.6. The van der Waals surface area contributed by atoms with Crippen LogP contribution in [0.5, 0.6) is 5.88 Å². The second-order valence-corrected chi connectivity index (χ2v) is 4.73. The Hall–Kier alpha value is -2.60. The lowest BCUT2D eigenvalue weighted by molar-refractivity contribution is 0.287. The molecular weight excluding hydrogens is 316 g/mol. The van der Waals surface area contributed by atoms with E-state index in [4.69, 9.17) is 9.26 Å². The van der Waals surface area contributed by atoms with Gasteiger partial charge in [-0.1, -0.05) is 35.5 Å². The highest BCUT2D eigenvalue weighted by Crippen LogP contribution is 2.26. The first-order valence-electron chi connectivity index (χ1n) is 6.93. The summed E-state index contributed by atoms with van der Waals surface area (Å²) in [6.45, 7) is 2.20. The van der Waals surface area contributed by atoms with Gasteiger partial charge in [-0.25, -0.2) is 0 Å². The molecule has 7 heteroatoms.